The summed E-state index contributed by atoms with van der Waals surface area (Å²) in [5.74, 6) is 1.06. The number of rotatable bonds is 2. The van der Waals surface area contributed by atoms with Crippen molar-refractivity contribution in [1.29, 1.82) is 0 Å². The SMILES string of the molecule is CNc1ccc2c(c1)N(CS)C(=O)CS2. The lowest BCUT2D eigenvalue weighted by atomic mass is 10.2. The van der Waals surface area contributed by atoms with Crippen molar-refractivity contribution in [2.75, 3.05) is 28.9 Å². The molecule has 3 nitrogen and oxygen atoms in total. The van der Waals surface area contributed by atoms with Crippen molar-refractivity contribution in [3.63, 3.8) is 0 Å². The number of nitrogens with zero attached hydrogens (tertiary/aromatic N) is 1. The van der Waals surface area contributed by atoms with Crippen LogP contribution in [-0.4, -0.2) is 24.6 Å². The van der Waals surface area contributed by atoms with Gasteiger partial charge in [-0.1, -0.05) is 0 Å². The second kappa shape index (κ2) is 4.37. The quantitative estimate of drug-likeness (QED) is 0.776. The van der Waals surface area contributed by atoms with E-state index in [1.807, 2.05) is 25.2 Å². The molecule has 1 aromatic carbocycles. The maximum absolute atomic E-state index is 11.6. The summed E-state index contributed by atoms with van der Waals surface area (Å²) in [4.78, 5) is 14.5. The van der Waals surface area contributed by atoms with Crippen LogP contribution in [0.15, 0.2) is 23.1 Å². The standard InChI is InChI=1S/C10H12N2OS2/c1-11-7-2-3-9-8(4-7)12(6-14)10(13)5-15-9/h2-4,11,14H,5-6H2,1H3. The fourth-order valence-electron chi connectivity index (χ4n) is 1.51. The normalized spacial score (nSPS) is 15.1. The molecule has 0 saturated carbocycles. The molecule has 0 saturated heterocycles. The molecule has 15 heavy (non-hydrogen) atoms. The lowest BCUT2D eigenvalue weighted by molar-refractivity contribution is -0.116. The Morgan fingerprint density at radius 3 is 3.07 bits per heavy atom. The van der Waals surface area contributed by atoms with Crippen LogP contribution >= 0.6 is 24.4 Å². The van der Waals surface area contributed by atoms with Gasteiger partial charge in [0.25, 0.3) is 0 Å². The number of hydrogen-bond donors (Lipinski definition) is 2. The molecule has 1 aliphatic rings. The van der Waals surface area contributed by atoms with Gasteiger partial charge in [0.05, 0.1) is 17.3 Å². The number of thioether (sulfide) groups is 1. The molecule has 0 radical (unpaired) electrons. The molecule has 0 aromatic heterocycles. The number of carbonyl (C=O) groups excluding carboxylic acids is 1. The van der Waals surface area contributed by atoms with Gasteiger partial charge in [0.2, 0.25) is 5.91 Å². The zero-order chi connectivity index (χ0) is 10.8. The molecule has 0 unspecified atom stereocenters. The first-order valence-corrected chi connectivity index (χ1v) is 6.24. The number of amides is 1. The van der Waals surface area contributed by atoms with Crippen molar-refractivity contribution < 1.29 is 4.79 Å². The Morgan fingerprint density at radius 2 is 2.40 bits per heavy atom. The molecule has 1 amide bonds. The maximum atomic E-state index is 11.6. The highest BCUT2D eigenvalue weighted by Crippen LogP contribution is 2.37. The van der Waals surface area contributed by atoms with Gasteiger partial charge in [-0.3, -0.25) is 4.79 Å². The molecule has 5 heteroatoms. The van der Waals surface area contributed by atoms with Crippen molar-refractivity contribution >= 4 is 41.7 Å². The third kappa shape index (κ3) is 1.94. The summed E-state index contributed by atoms with van der Waals surface area (Å²) in [6.07, 6.45) is 0. The molecule has 0 bridgehead atoms. The molecule has 1 aromatic rings. The number of nitrogens with one attached hydrogen (secondary N) is 1. The van der Waals surface area contributed by atoms with E-state index in [0.717, 1.165) is 16.3 Å². The predicted octanol–water partition coefficient (Wildman–Crippen LogP) is 2.05. The van der Waals surface area contributed by atoms with Gasteiger partial charge in [0, 0.05) is 17.6 Å². The topological polar surface area (TPSA) is 32.3 Å². The Kier molecular flexibility index (Phi) is 3.11. The summed E-state index contributed by atoms with van der Waals surface area (Å²) >= 11 is 5.77. The van der Waals surface area contributed by atoms with Crippen LogP contribution < -0.4 is 10.2 Å². The lowest BCUT2D eigenvalue weighted by Crippen LogP contribution is -2.34. The Balaban J connectivity index is 2.45. The Bertz CT molecular complexity index is 395. The molecule has 1 aliphatic heterocycles. The van der Waals surface area contributed by atoms with E-state index in [1.165, 1.54) is 0 Å². The second-order valence-corrected chi connectivity index (χ2v) is 4.48. The number of benzene rings is 1. The van der Waals surface area contributed by atoms with Crippen LogP contribution in [0.3, 0.4) is 0 Å². The van der Waals surface area contributed by atoms with Gasteiger partial charge in [-0.05, 0) is 18.2 Å². The molecular formula is C10H12N2OS2. The fraction of sp³-hybridized carbons (Fsp3) is 0.300. The summed E-state index contributed by atoms with van der Waals surface area (Å²) < 4.78 is 0. The molecule has 1 N–H and O–H groups in total. The van der Waals surface area contributed by atoms with E-state index in [9.17, 15) is 4.79 Å². The fourth-order valence-corrected chi connectivity index (χ4v) is 2.74. The minimum Gasteiger partial charge on any atom is -0.388 e. The Hall–Kier alpha value is -0.810. The molecule has 2 rings (SSSR count). The Labute approximate surface area is 98.6 Å². The lowest BCUT2D eigenvalue weighted by Gasteiger charge is -2.27. The van der Waals surface area contributed by atoms with Gasteiger partial charge < -0.3 is 10.2 Å². The van der Waals surface area contributed by atoms with Crippen LogP contribution in [0.4, 0.5) is 11.4 Å². The summed E-state index contributed by atoms with van der Waals surface area (Å²) in [6.45, 7) is 0. The van der Waals surface area contributed by atoms with Gasteiger partial charge in [0.1, 0.15) is 0 Å². The van der Waals surface area contributed by atoms with E-state index in [0.29, 0.717) is 11.6 Å². The number of hydrogen-bond acceptors (Lipinski definition) is 4. The largest absolute Gasteiger partial charge is 0.388 e. The van der Waals surface area contributed by atoms with Crippen molar-refractivity contribution in [3.8, 4) is 0 Å². The van der Waals surface area contributed by atoms with E-state index in [4.69, 9.17) is 0 Å². The van der Waals surface area contributed by atoms with E-state index < -0.39 is 0 Å². The van der Waals surface area contributed by atoms with Crippen molar-refractivity contribution in [1.82, 2.24) is 0 Å². The summed E-state index contributed by atoms with van der Waals surface area (Å²) in [5.41, 5.74) is 1.97. The summed E-state index contributed by atoms with van der Waals surface area (Å²) in [5, 5.41) is 3.06. The third-order valence-corrected chi connectivity index (χ3v) is 3.66. The van der Waals surface area contributed by atoms with Gasteiger partial charge in [-0.25, -0.2) is 0 Å². The van der Waals surface area contributed by atoms with Crippen LogP contribution in [0.1, 0.15) is 0 Å². The average Bonchev–Trinajstić information content (AvgIpc) is 2.28. The summed E-state index contributed by atoms with van der Waals surface area (Å²) in [6, 6.07) is 6.03. The highest BCUT2D eigenvalue weighted by atomic mass is 32.2. The number of carbonyl (C=O) groups is 1. The number of fused-ring (bicyclic) bond motifs is 1. The van der Waals surface area contributed by atoms with Gasteiger partial charge in [0.15, 0.2) is 0 Å². The smallest absolute Gasteiger partial charge is 0.238 e. The predicted molar refractivity (Wildman–Crippen MR) is 68.1 cm³/mol. The zero-order valence-corrected chi connectivity index (χ0v) is 10.1. The van der Waals surface area contributed by atoms with Crippen LogP contribution in [-0.2, 0) is 4.79 Å². The minimum absolute atomic E-state index is 0.121. The molecular weight excluding hydrogens is 228 g/mol. The highest BCUT2D eigenvalue weighted by Gasteiger charge is 2.23. The van der Waals surface area contributed by atoms with E-state index >= 15 is 0 Å². The monoisotopic (exact) mass is 240 g/mol. The molecule has 80 valence electrons. The highest BCUT2D eigenvalue weighted by molar-refractivity contribution is 8.00. The van der Waals surface area contributed by atoms with E-state index in [1.54, 1.807) is 16.7 Å². The minimum atomic E-state index is 0.121. The van der Waals surface area contributed by atoms with Crippen LogP contribution in [0.5, 0.6) is 0 Å². The van der Waals surface area contributed by atoms with Gasteiger partial charge in [-0.15, -0.1) is 11.8 Å². The maximum Gasteiger partial charge on any atom is 0.238 e. The van der Waals surface area contributed by atoms with Crippen LogP contribution in [0.2, 0.25) is 0 Å². The van der Waals surface area contributed by atoms with E-state index in [2.05, 4.69) is 17.9 Å². The van der Waals surface area contributed by atoms with Crippen molar-refractivity contribution in [2.24, 2.45) is 0 Å². The first-order valence-electron chi connectivity index (χ1n) is 4.62. The van der Waals surface area contributed by atoms with E-state index in [-0.39, 0.29) is 5.91 Å². The first-order chi connectivity index (χ1) is 7.26. The third-order valence-electron chi connectivity index (χ3n) is 2.33. The molecule has 0 aliphatic carbocycles. The molecule has 0 spiro atoms. The summed E-state index contributed by atoms with van der Waals surface area (Å²) in [7, 11) is 1.87. The Morgan fingerprint density at radius 1 is 1.60 bits per heavy atom. The van der Waals surface area contributed by atoms with Crippen LogP contribution in [0.25, 0.3) is 0 Å². The average molecular weight is 240 g/mol. The zero-order valence-electron chi connectivity index (χ0n) is 8.36. The molecule has 0 fully saturated rings. The van der Waals surface area contributed by atoms with Gasteiger partial charge in [-0.2, -0.15) is 12.6 Å². The second-order valence-electron chi connectivity index (χ2n) is 3.18. The molecule has 0 atom stereocenters. The van der Waals surface area contributed by atoms with Gasteiger partial charge >= 0.3 is 0 Å². The number of anilines is 2. The van der Waals surface area contributed by atoms with Crippen LogP contribution in [0, 0.1) is 0 Å². The van der Waals surface area contributed by atoms with Crippen molar-refractivity contribution in [2.45, 2.75) is 4.90 Å². The first kappa shape index (κ1) is 10.7. The van der Waals surface area contributed by atoms with Crippen molar-refractivity contribution in [3.05, 3.63) is 18.2 Å². The number of thiol groups is 1. The molecule has 1 heterocycles.